The lowest BCUT2D eigenvalue weighted by atomic mass is 10.1. The zero-order chi connectivity index (χ0) is 21.1. The van der Waals surface area contributed by atoms with Crippen LogP contribution in [0.3, 0.4) is 0 Å². The summed E-state index contributed by atoms with van der Waals surface area (Å²) in [5.74, 6) is -1.76. The highest BCUT2D eigenvalue weighted by Gasteiger charge is 2.36. The number of ether oxygens (including phenoxy) is 1. The smallest absolute Gasteiger partial charge is 0.416 e. The van der Waals surface area contributed by atoms with Crippen molar-refractivity contribution >= 4 is 21.9 Å². The van der Waals surface area contributed by atoms with E-state index < -0.39 is 44.6 Å². The Morgan fingerprint density at radius 1 is 1.25 bits per heavy atom. The van der Waals surface area contributed by atoms with Crippen molar-refractivity contribution in [2.75, 3.05) is 26.7 Å². The highest BCUT2D eigenvalue weighted by Crippen LogP contribution is 2.31. The average molecular weight is 422 g/mol. The van der Waals surface area contributed by atoms with Crippen LogP contribution in [0.4, 0.5) is 13.2 Å². The average Bonchev–Trinajstić information content (AvgIpc) is 2.66. The predicted molar refractivity (Wildman–Crippen MR) is 92.6 cm³/mol. The topological polar surface area (TPSA) is 84.0 Å². The number of carbonyl (C=O) groups is 2. The zero-order valence-corrected chi connectivity index (χ0v) is 16.2. The van der Waals surface area contributed by atoms with Crippen molar-refractivity contribution in [3.63, 3.8) is 0 Å². The molecule has 0 aliphatic carbocycles. The van der Waals surface area contributed by atoms with E-state index in [0.717, 1.165) is 22.5 Å². The molecule has 0 radical (unpaired) electrons. The Morgan fingerprint density at radius 3 is 2.39 bits per heavy atom. The number of nitrogens with zero attached hydrogens (tertiary/aromatic N) is 2. The Hall–Kier alpha value is -2.14. The van der Waals surface area contributed by atoms with Crippen molar-refractivity contribution in [3.05, 3.63) is 29.8 Å². The summed E-state index contributed by atoms with van der Waals surface area (Å²) >= 11 is 0. The molecule has 0 atom stereocenters. The van der Waals surface area contributed by atoms with Crippen LogP contribution < -0.4 is 0 Å². The van der Waals surface area contributed by atoms with E-state index in [1.807, 2.05) is 0 Å². The molecule has 0 N–H and O–H groups in total. The number of esters is 1. The number of hydrogen-bond donors (Lipinski definition) is 0. The molecule has 1 amide bonds. The Morgan fingerprint density at radius 2 is 1.86 bits per heavy atom. The summed E-state index contributed by atoms with van der Waals surface area (Å²) in [5.41, 5.74) is -1.04. The van der Waals surface area contributed by atoms with Crippen LogP contribution >= 0.6 is 0 Å². The predicted octanol–water partition coefficient (Wildman–Crippen LogP) is 1.88. The monoisotopic (exact) mass is 422 g/mol. The molecule has 156 valence electrons. The summed E-state index contributed by atoms with van der Waals surface area (Å²) in [5, 5.41) is 0. The van der Waals surface area contributed by atoms with Gasteiger partial charge in [-0.2, -0.15) is 17.5 Å². The van der Waals surface area contributed by atoms with Crippen molar-refractivity contribution in [1.29, 1.82) is 0 Å². The zero-order valence-electron chi connectivity index (χ0n) is 15.4. The molecule has 0 aromatic heterocycles. The van der Waals surface area contributed by atoms with Crippen LogP contribution in [-0.2, 0) is 30.5 Å². The van der Waals surface area contributed by atoms with Gasteiger partial charge in [0.15, 0.2) is 0 Å². The number of rotatable bonds is 4. The quantitative estimate of drug-likeness (QED) is 0.547. The highest BCUT2D eigenvalue weighted by atomic mass is 32.2. The standard InChI is InChI=1S/C17H21F3N2O5S/c1-3-27-16(24)15(23)22-9-7-13(8-10-22)21(2)28(25,26)14-6-4-5-12(11-14)17(18,19)20/h4-6,11,13H,3,7-10H2,1-2H3. The van der Waals surface area contributed by atoms with E-state index in [9.17, 15) is 31.2 Å². The fourth-order valence-electron chi connectivity index (χ4n) is 2.95. The largest absolute Gasteiger partial charge is 0.459 e. The van der Waals surface area contributed by atoms with Crippen LogP contribution in [-0.4, -0.2) is 62.3 Å². The Labute approximate surface area is 161 Å². The minimum atomic E-state index is -4.65. The number of benzene rings is 1. The molecule has 1 saturated heterocycles. The van der Waals surface area contributed by atoms with E-state index >= 15 is 0 Å². The number of sulfonamides is 1. The van der Waals surface area contributed by atoms with Crippen molar-refractivity contribution in [2.24, 2.45) is 0 Å². The van der Waals surface area contributed by atoms with Gasteiger partial charge in [0.25, 0.3) is 0 Å². The summed E-state index contributed by atoms with van der Waals surface area (Å²) in [6, 6.07) is 3.06. The molecular formula is C17H21F3N2O5S. The van der Waals surface area contributed by atoms with E-state index in [0.29, 0.717) is 6.07 Å². The first-order chi connectivity index (χ1) is 13.0. The SMILES string of the molecule is CCOC(=O)C(=O)N1CCC(N(C)S(=O)(=O)c2cccc(C(F)(F)F)c2)CC1. The molecule has 0 saturated carbocycles. The molecule has 1 fully saturated rings. The number of carbonyl (C=O) groups excluding carboxylic acids is 2. The van der Waals surface area contributed by atoms with Crippen molar-refractivity contribution in [3.8, 4) is 0 Å². The summed E-state index contributed by atoms with van der Waals surface area (Å²) in [6.45, 7) is 1.93. The third-order valence-corrected chi connectivity index (χ3v) is 6.46. The Balaban J connectivity index is 2.09. The van der Waals surface area contributed by atoms with Crippen molar-refractivity contribution < 1.29 is 35.9 Å². The van der Waals surface area contributed by atoms with Gasteiger partial charge in [0.1, 0.15) is 0 Å². The minimum absolute atomic E-state index is 0.0685. The van der Waals surface area contributed by atoms with Gasteiger partial charge in [0.05, 0.1) is 17.1 Å². The lowest BCUT2D eigenvalue weighted by Crippen LogP contribution is -2.49. The number of halogens is 3. The fraction of sp³-hybridized carbons (Fsp3) is 0.529. The molecule has 0 spiro atoms. The van der Waals surface area contributed by atoms with Crippen LogP contribution in [0, 0.1) is 0 Å². The van der Waals surface area contributed by atoms with E-state index in [1.165, 1.54) is 11.9 Å². The lowest BCUT2D eigenvalue weighted by molar-refractivity contribution is -0.160. The van der Waals surface area contributed by atoms with E-state index in [2.05, 4.69) is 4.74 Å². The summed E-state index contributed by atoms with van der Waals surface area (Å²) in [4.78, 5) is 24.3. The summed E-state index contributed by atoms with van der Waals surface area (Å²) < 4.78 is 69.7. The Bertz CT molecular complexity index is 833. The second-order valence-corrected chi connectivity index (χ2v) is 8.29. The van der Waals surface area contributed by atoms with E-state index in [-0.39, 0.29) is 32.5 Å². The molecule has 0 bridgehead atoms. The normalized spacial score (nSPS) is 16.3. The van der Waals surface area contributed by atoms with Crippen LogP contribution in [0.2, 0.25) is 0 Å². The van der Waals surface area contributed by atoms with Gasteiger partial charge in [0.2, 0.25) is 10.0 Å². The molecule has 1 heterocycles. The number of amides is 1. The van der Waals surface area contributed by atoms with Gasteiger partial charge >= 0.3 is 18.1 Å². The fourth-order valence-corrected chi connectivity index (χ4v) is 4.41. The summed E-state index contributed by atoms with van der Waals surface area (Å²) in [7, 11) is -2.85. The van der Waals surface area contributed by atoms with Crippen LogP contribution in [0.5, 0.6) is 0 Å². The maximum Gasteiger partial charge on any atom is 0.416 e. The maximum atomic E-state index is 12.9. The molecule has 7 nitrogen and oxygen atoms in total. The number of alkyl halides is 3. The van der Waals surface area contributed by atoms with E-state index in [1.54, 1.807) is 6.92 Å². The first-order valence-electron chi connectivity index (χ1n) is 8.59. The molecular weight excluding hydrogens is 401 g/mol. The molecule has 1 aliphatic heterocycles. The third kappa shape index (κ3) is 4.82. The van der Waals surface area contributed by atoms with Gasteiger partial charge in [-0.25, -0.2) is 13.2 Å². The Kier molecular flexibility index (Phi) is 6.71. The van der Waals surface area contributed by atoms with Crippen LogP contribution in [0.25, 0.3) is 0 Å². The van der Waals surface area contributed by atoms with Gasteiger partial charge in [-0.1, -0.05) is 6.07 Å². The van der Waals surface area contributed by atoms with Crippen LogP contribution in [0.15, 0.2) is 29.2 Å². The molecule has 1 aromatic carbocycles. The lowest BCUT2D eigenvalue weighted by Gasteiger charge is -2.35. The van der Waals surface area contributed by atoms with Gasteiger partial charge in [-0.05, 0) is 38.0 Å². The van der Waals surface area contributed by atoms with Gasteiger partial charge in [0, 0.05) is 26.2 Å². The number of piperidine rings is 1. The molecule has 11 heteroatoms. The molecule has 28 heavy (non-hydrogen) atoms. The van der Waals surface area contributed by atoms with Gasteiger partial charge in [-0.15, -0.1) is 0 Å². The first-order valence-corrected chi connectivity index (χ1v) is 10.0. The number of likely N-dealkylation sites (tertiary alicyclic amines) is 1. The maximum absolute atomic E-state index is 12.9. The van der Waals surface area contributed by atoms with Gasteiger partial charge in [-0.3, -0.25) is 4.79 Å². The van der Waals surface area contributed by atoms with E-state index in [4.69, 9.17) is 0 Å². The first kappa shape index (κ1) is 22.2. The minimum Gasteiger partial charge on any atom is -0.459 e. The summed E-state index contributed by atoms with van der Waals surface area (Å²) in [6.07, 6.45) is -4.15. The van der Waals surface area contributed by atoms with Gasteiger partial charge < -0.3 is 9.64 Å². The molecule has 1 aromatic rings. The molecule has 0 unspecified atom stereocenters. The van der Waals surface area contributed by atoms with Crippen LogP contribution in [0.1, 0.15) is 25.3 Å². The van der Waals surface area contributed by atoms with Crippen molar-refractivity contribution in [2.45, 2.75) is 36.9 Å². The highest BCUT2D eigenvalue weighted by molar-refractivity contribution is 7.89. The number of hydrogen-bond acceptors (Lipinski definition) is 5. The third-order valence-electron chi connectivity index (χ3n) is 4.55. The molecule has 2 rings (SSSR count). The van der Waals surface area contributed by atoms with Crippen molar-refractivity contribution in [1.82, 2.24) is 9.21 Å². The molecule has 1 aliphatic rings. The second-order valence-electron chi connectivity index (χ2n) is 6.29. The second kappa shape index (κ2) is 8.48.